The number of benzene rings is 2. The fourth-order valence-electron chi connectivity index (χ4n) is 2.64. The second-order valence-electron chi connectivity index (χ2n) is 6.09. The molecule has 3 aromatic rings. The first-order valence-corrected chi connectivity index (χ1v) is 10.4. The maximum Gasteiger partial charge on any atom is 0.416 e. The van der Waals surface area contributed by atoms with Crippen molar-refractivity contribution in [3.05, 3.63) is 58.1 Å². The van der Waals surface area contributed by atoms with Crippen LogP contribution in [0.2, 0.25) is 10.0 Å². The summed E-state index contributed by atoms with van der Waals surface area (Å²) in [6.45, 7) is 2.46. The number of carbonyl (C=O) groups is 1. The predicted octanol–water partition coefficient (Wildman–Crippen LogP) is 6.02. The molecule has 30 heavy (non-hydrogen) atoms. The molecule has 0 bridgehead atoms. The minimum absolute atomic E-state index is 0.0151. The number of anilines is 1. The Kier molecular flexibility index (Phi) is 6.95. The number of carbonyl (C=O) groups excluding carboxylic acids is 1. The van der Waals surface area contributed by atoms with Crippen LogP contribution in [0.15, 0.2) is 47.6 Å². The van der Waals surface area contributed by atoms with Gasteiger partial charge in [-0.3, -0.25) is 4.79 Å². The molecule has 0 aliphatic rings. The van der Waals surface area contributed by atoms with Crippen molar-refractivity contribution in [3.8, 4) is 11.4 Å². The monoisotopic (exact) mass is 474 g/mol. The Bertz CT molecular complexity index is 1070. The fraction of sp³-hybridized carbons (Fsp3) is 0.211. The summed E-state index contributed by atoms with van der Waals surface area (Å²) in [6, 6.07) is 9.90. The topological polar surface area (TPSA) is 59.8 Å². The van der Waals surface area contributed by atoms with Gasteiger partial charge < -0.3 is 9.88 Å². The maximum atomic E-state index is 12.9. The molecule has 3 rings (SSSR count). The zero-order chi connectivity index (χ0) is 21.9. The SMILES string of the molecule is CCn1c(SCC(=O)Nc2cc(C(F)(F)F)ccc2Cl)nnc1-c1cccc(Cl)c1. The predicted molar refractivity (Wildman–Crippen MR) is 112 cm³/mol. The minimum Gasteiger partial charge on any atom is -0.324 e. The molecule has 1 aromatic heterocycles. The number of amides is 1. The lowest BCUT2D eigenvalue weighted by molar-refractivity contribution is -0.137. The molecule has 11 heteroatoms. The average Bonchev–Trinajstić information content (AvgIpc) is 3.10. The molecule has 0 spiro atoms. The lowest BCUT2D eigenvalue weighted by Crippen LogP contribution is -2.16. The smallest absolute Gasteiger partial charge is 0.324 e. The first-order valence-electron chi connectivity index (χ1n) is 8.67. The van der Waals surface area contributed by atoms with Gasteiger partial charge in [-0.2, -0.15) is 13.2 Å². The van der Waals surface area contributed by atoms with Crippen molar-refractivity contribution in [2.24, 2.45) is 0 Å². The van der Waals surface area contributed by atoms with E-state index in [1.54, 1.807) is 18.2 Å². The summed E-state index contributed by atoms with van der Waals surface area (Å²) >= 11 is 13.1. The van der Waals surface area contributed by atoms with Gasteiger partial charge in [0, 0.05) is 17.1 Å². The van der Waals surface area contributed by atoms with Crippen molar-refractivity contribution < 1.29 is 18.0 Å². The molecule has 0 saturated carbocycles. The second-order valence-corrected chi connectivity index (χ2v) is 7.88. The van der Waals surface area contributed by atoms with E-state index in [1.807, 2.05) is 17.6 Å². The highest BCUT2D eigenvalue weighted by molar-refractivity contribution is 7.99. The molecule has 0 radical (unpaired) electrons. The summed E-state index contributed by atoms with van der Waals surface area (Å²) in [7, 11) is 0. The summed E-state index contributed by atoms with van der Waals surface area (Å²) in [5, 5.41) is 11.8. The molecule has 158 valence electrons. The lowest BCUT2D eigenvalue weighted by Gasteiger charge is -2.12. The van der Waals surface area contributed by atoms with Crippen LogP contribution in [0.25, 0.3) is 11.4 Å². The van der Waals surface area contributed by atoms with Crippen LogP contribution in [0.1, 0.15) is 12.5 Å². The summed E-state index contributed by atoms with van der Waals surface area (Å²) in [4.78, 5) is 12.3. The van der Waals surface area contributed by atoms with E-state index in [1.165, 1.54) is 0 Å². The van der Waals surface area contributed by atoms with Gasteiger partial charge in [0.1, 0.15) is 0 Å². The molecule has 0 aliphatic carbocycles. The zero-order valence-corrected chi connectivity index (χ0v) is 17.8. The van der Waals surface area contributed by atoms with Crippen LogP contribution in [0.3, 0.4) is 0 Å². The highest BCUT2D eigenvalue weighted by Gasteiger charge is 2.31. The van der Waals surface area contributed by atoms with Crippen LogP contribution >= 0.6 is 35.0 Å². The van der Waals surface area contributed by atoms with Gasteiger partial charge in [0.2, 0.25) is 5.91 Å². The molecular formula is C19H15Cl2F3N4OS. The van der Waals surface area contributed by atoms with Crippen LogP contribution in [-0.4, -0.2) is 26.4 Å². The zero-order valence-electron chi connectivity index (χ0n) is 15.5. The van der Waals surface area contributed by atoms with Gasteiger partial charge in [0.15, 0.2) is 11.0 Å². The van der Waals surface area contributed by atoms with Gasteiger partial charge in [-0.25, -0.2) is 0 Å². The number of halogens is 5. The quantitative estimate of drug-likeness (QED) is 0.443. The highest BCUT2D eigenvalue weighted by atomic mass is 35.5. The third-order valence-electron chi connectivity index (χ3n) is 4.02. The standard InChI is InChI=1S/C19H15Cl2F3N4OS/c1-2-28-17(11-4-3-5-13(20)8-11)26-27-18(28)30-10-16(29)25-15-9-12(19(22,23)24)6-7-14(15)21/h3-9H,2,10H2,1H3,(H,25,29). The van der Waals surface area contributed by atoms with Gasteiger partial charge in [-0.05, 0) is 37.3 Å². The number of alkyl halides is 3. The number of thioether (sulfide) groups is 1. The Morgan fingerprint density at radius 3 is 2.60 bits per heavy atom. The summed E-state index contributed by atoms with van der Waals surface area (Å²) in [6.07, 6.45) is -4.53. The maximum absolute atomic E-state index is 12.9. The summed E-state index contributed by atoms with van der Waals surface area (Å²) in [5.74, 6) is 0.000265. The van der Waals surface area contributed by atoms with Gasteiger partial charge in [0.25, 0.3) is 0 Å². The van der Waals surface area contributed by atoms with Gasteiger partial charge in [0.05, 0.1) is 22.0 Å². The third-order valence-corrected chi connectivity index (χ3v) is 5.55. The minimum atomic E-state index is -4.53. The second kappa shape index (κ2) is 9.28. The van der Waals surface area contributed by atoms with Crippen LogP contribution in [-0.2, 0) is 17.5 Å². The van der Waals surface area contributed by atoms with E-state index >= 15 is 0 Å². The largest absolute Gasteiger partial charge is 0.416 e. The van der Waals surface area contributed by atoms with Crippen molar-refractivity contribution in [3.63, 3.8) is 0 Å². The normalized spacial score (nSPS) is 11.5. The molecule has 2 aromatic carbocycles. The van der Waals surface area contributed by atoms with E-state index in [0.29, 0.717) is 22.5 Å². The van der Waals surface area contributed by atoms with Gasteiger partial charge in [-0.15, -0.1) is 10.2 Å². The Morgan fingerprint density at radius 1 is 1.17 bits per heavy atom. The van der Waals surface area contributed by atoms with Crippen molar-refractivity contribution in [2.45, 2.75) is 24.8 Å². The Labute approximate surface area is 184 Å². The lowest BCUT2D eigenvalue weighted by atomic mass is 10.2. The molecule has 0 aliphatic heterocycles. The van der Waals surface area contributed by atoms with Crippen molar-refractivity contribution >= 4 is 46.6 Å². The number of rotatable bonds is 6. The first-order chi connectivity index (χ1) is 14.2. The first kappa shape index (κ1) is 22.5. The van der Waals surface area contributed by atoms with Crippen LogP contribution in [0.5, 0.6) is 0 Å². The molecule has 0 unspecified atom stereocenters. The molecule has 0 fully saturated rings. The van der Waals surface area contributed by atoms with Crippen LogP contribution < -0.4 is 5.32 Å². The van der Waals surface area contributed by atoms with E-state index in [-0.39, 0.29) is 16.5 Å². The Hall–Kier alpha value is -2.23. The molecule has 1 N–H and O–H groups in total. The molecule has 0 saturated heterocycles. The van der Waals surface area contributed by atoms with E-state index in [4.69, 9.17) is 23.2 Å². The van der Waals surface area contributed by atoms with Crippen molar-refractivity contribution in [2.75, 3.05) is 11.1 Å². The number of nitrogens with one attached hydrogen (secondary N) is 1. The van der Waals surface area contributed by atoms with E-state index < -0.39 is 17.6 Å². The average molecular weight is 475 g/mol. The fourth-order valence-corrected chi connectivity index (χ4v) is 3.79. The summed E-state index contributed by atoms with van der Waals surface area (Å²) in [5.41, 5.74) is -0.218. The number of nitrogens with zero attached hydrogens (tertiary/aromatic N) is 3. The van der Waals surface area contributed by atoms with Crippen LogP contribution in [0, 0.1) is 0 Å². The molecule has 1 amide bonds. The molecule has 1 heterocycles. The number of hydrogen-bond acceptors (Lipinski definition) is 4. The van der Waals surface area contributed by atoms with E-state index in [0.717, 1.165) is 35.5 Å². The molecular weight excluding hydrogens is 460 g/mol. The molecule has 5 nitrogen and oxygen atoms in total. The van der Waals surface area contributed by atoms with Crippen LogP contribution in [0.4, 0.5) is 18.9 Å². The number of hydrogen-bond donors (Lipinski definition) is 1. The Balaban J connectivity index is 1.71. The van der Waals surface area contributed by atoms with Crippen molar-refractivity contribution in [1.29, 1.82) is 0 Å². The number of aromatic nitrogens is 3. The van der Waals surface area contributed by atoms with E-state index in [2.05, 4.69) is 15.5 Å². The van der Waals surface area contributed by atoms with Gasteiger partial charge >= 0.3 is 6.18 Å². The van der Waals surface area contributed by atoms with Gasteiger partial charge in [-0.1, -0.05) is 47.1 Å². The Morgan fingerprint density at radius 2 is 1.93 bits per heavy atom. The van der Waals surface area contributed by atoms with E-state index in [9.17, 15) is 18.0 Å². The third kappa shape index (κ3) is 5.27. The molecule has 0 atom stereocenters. The summed E-state index contributed by atoms with van der Waals surface area (Å²) < 4.78 is 40.4. The van der Waals surface area contributed by atoms with Crippen molar-refractivity contribution in [1.82, 2.24) is 14.8 Å². The highest BCUT2D eigenvalue weighted by Crippen LogP contribution is 2.34.